The molecule has 1 saturated carbocycles. The van der Waals surface area contributed by atoms with Gasteiger partial charge in [-0.1, -0.05) is 15.9 Å². The summed E-state index contributed by atoms with van der Waals surface area (Å²) in [6.07, 6.45) is 0.455. The molecule has 1 fully saturated rings. The normalized spacial score (nSPS) is 24.4. The summed E-state index contributed by atoms with van der Waals surface area (Å²) >= 11 is 3.41. The number of nitrogens with zero attached hydrogens (tertiary/aromatic N) is 1. The first-order chi connectivity index (χ1) is 9.56. The first-order valence-electron chi connectivity index (χ1n) is 6.49. The van der Waals surface area contributed by atoms with Crippen LogP contribution < -0.4 is 4.74 Å². The summed E-state index contributed by atoms with van der Waals surface area (Å²) in [7, 11) is 0. The van der Waals surface area contributed by atoms with E-state index in [1.807, 2.05) is 18.2 Å². The molecule has 5 nitrogen and oxygen atoms in total. The largest absolute Gasteiger partial charge is 0.491 e. The second-order valence-corrected chi connectivity index (χ2v) is 6.06. The quantitative estimate of drug-likeness (QED) is 0.893. The lowest BCUT2D eigenvalue weighted by Gasteiger charge is -2.19. The van der Waals surface area contributed by atoms with Crippen molar-refractivity contribution in [3.63, 3.8) is 0 Å². The number of ether oxygens (including phenoxy) is 1. The maximum atomic E-state index is 12.3. The zero-order valence-corrected chi connectivity index (χ0v) is 12.3. The van der Waals surface area contributed by atoms with Gasteiger partial charge < -0.3 is 14.7 Å². The number of carboxylic acids is 1. The van der Waals surface area contributed by atoms with Gasteiger partial charge in [-0.05, 0) is 24.6 Å². The number of benzene rings is 1. The van der Waals surface area contributed by atoms with Gasteiger partial charge in [-0.2, -0.15) is 0 Å². The molecule has 1 N–H and O–H groups in total. The zero-order chi connectivity index (χ0) is 14.3. The Labute approximate surface area is 124 Å². The number of carboxylic acid groups (broad SMARTS) is 1. The highest BCUT2D eigenvalue weighted by atomic mass is 79.9. The highest BCUT2D eigenvalue weighted by Crippen LogP contribution is 2.40. The summed E-state index contributed by atoms with van der Waals surface area (Å²) < 4.78 is 6.56. The van der Waals surface area contributed by atoms with E-state index < -0.39 is 11.9 Å². The van der Waals surface area contributed by atoms with Crippen LogP contribution in [0, 0.1) is 11.8 Å². The molecule has 1 aromatic carbocycles. The van der Waals surface area contributed by atoms with E-state index in [-0.39, 0.29) is 11.8 Å². The van der Waals surface area contributed by atoms with Gasteiger partial charge in [0, 0.05) is 16.6 Å². The smallest absolute Gasteiger partial charge is 0.307 e. The van der Waals surface area contributed by atoms with Crippen LogP contribution >= 0.6 is 15.9 Å². The number of fused-ring (bicyclic) bond motifs is 1. The molecule has 1 amide bonds. The molecule has 3 rings (SSSR count). The Morgan fingerprint density at radius 2 is 2.15 bits per heavy atom. The van der Waals surface area contributed by atoms with E-state index in [1.165, 1.54) is 0 Å². The van der Waals surface area contributed by atoms with Crippen LogP contribution in [0.25, 0.3) is 0 Å². The Kier molecular flexibility index (Phi) is 3.41. The molecular formula is C14H14BrNO4. The number of halogens is 1. The van der Waals surface area contributed by atoms with E-state index in [1.54, 1.807) is 4.90 Å². The van der Waals surface area contributed by atoms with Gasteiger partial charge in [-0.25, -0.2) is 0 Å². The molecule has 0 bridgehead atoms. The van der Waals surface area contributed by atoms with Gasteiger partial charge in [0.2, 0.25) is 5.91 Å². The molecule has 0 spiro atoms. The van der Waals surface area contributed by atoms with E-state index in [0.29, 0.717) is 26.1 Å². The van der Waals surface area contributed by atoms with Crippen molar-refractivity contribution in [3.8, 4) is 5.75 Å². The van der Waals surface area contributed by atoms with E-state index in [2.05, 4.69) is 15.9 Å². The van der Waals surface area contributed by atoms with Crippen molar-refractivity contribution in [3.05, 3.63) is 28.2 Å². The molecule has 20 heavy (non-hydrogen) atoms. The van der Waals surface area contributed by atoms with Crippen molar-refractivity contribution in [1.29, 1.82) is 0 Å². The van der Waals surface area contributed by atoms with Crippen LogP contribution in [0.15, 0.2) is 22.7 Å². The lowest BCUT2D eigenvalue weighted by molar-refractivity contribution is -0.142. The van der Waals surface area contributed by atoms with Crippen LogP contribution in [0.4, 0.5) is 0 Å². The fourth-order valence-corrected chi connectivity index (χ4v) is 2.93. The van der Waals surface area contributed by atoms with Crippen molar-refractivity contribution >= 4 is 27.8 Å². The lowest BCUT2D eigenvalue weighted by Crippen LogP contribution is -2.34. The van der Waals surface area contributed by atoms with Gasteiger partial charge in [0.25, 0.3) is 0 Å². The highest BCUT2D eigenvalue weighted by Gasteiger charge is 2.49. The Hall–Kier alpha value is -1.56. The Balaban J connectivity index is 1.76. The van der Waals surface area contributed by atoms with Gasteiger partial charge in [-0.3, -0.25) is 9.59 Å². The third-order valence-corrected chi connectivity index (χ3v) is 4.23. The van der Waals surface area contributed by atoms with E-state index >= 15 is 0 Å². The standard InChI is InChI=1S/C14H14BrNO4/c15-9-1-2-12-8(5-9)7-16(3-4-20-12)13(17)10-6-11(10)14(18)19/h1-2,5,10-11H,3-4,6-7H2,(H,18,19). The minimum atomic E-state index is -0.877. The highest BCUT2D eigenvalue weighted by molar-refractivity contribution is 9.10. The minimum absolute atomic E-state index is 0.0752. The third-order valence-electron chi connectivity index (χ3n) is 3.74. The van der Waals surface area contributed by atoms with Crippen molar-refractivity contribution in [2.75, 3.05) is 13.2 Å². The fourth-order valence-electron chi connectivity index (χ4n) is 2.53. The van der Waals surface area contributed by atoms with Crippen molar-refractivity contribution in [2.45, 2.75) is 13.0 Å². The summed E-state index contributed by atoms with van der Waals surface area (Å²) in [6, 6.07) is 5.71. The van der Waals surface area contributed by atoms with Crippen LogP contribution in [0.5, 0.6) is 5.75 Å². The molecule has 1 aromatic rings. The summed E-state index contributed by atoms with van der Waals surface area (Å²) in [4.78, 5) is 24.9. The van der Waals surface area contributed by atoms with Crippen LogP contribution in [0.2, 0.25) is 0 Å². The van der Waals surface area contributed by atoms with Crippen LogP contribution in [-0.2, 0) is 16.1 Å². The SMILES string of the molecule is O=C(O)C1CC1C(=O)N1CCOc2ccc(Br)cc2C1. The molecule has 6 heteroatoms. The molecule has 0 radical (unpaired) electrons. The minimum Gasteiger partial charge on any atom is -0.491 e. The maximum Gasteiger partial charge on any atom is 0.307 e. The average Bonchev–Trinajstić information content (AvgIpc) is 3.20. The molecule has 2 atom stereocenters. The number of hydrogen-bond acceptors (Lipinski definition) is 3. The molecular weight excluding hydrogens is 326 g/mol. The van der Waals surface area contributed by atoms with Gasteiger partial charge in [0.1, 0.15) is 12.4 Å². The number of aliphatic carboxylic acids is 1. The number of carbonyl (C=O) groups excluding carboxylic acids is 1. The molecule has 106 valence electrons. The summed E-state index contributed by atoms with van der Waals surface area (Å²) in [5, 5.41) is 8.92. The summed E-state index contributed by atoms with van der Waals surface area (Å²) in [5.74, 6) is -1.03. The average molecular weight is 340 g/mol. The lowest BCUT2D eigenvalue weighted by atomic mass is 10.2. The molecule has 0 aromatic heterocycles. The van der Waals surface area contributed by atoms with E-state index in [9.17, 15) is 9.59 Å². The monoisotopic (exact) mass is 339 g/mol. The van der Waals surface area contributed by atoms with Crippen molar-refractivity contribution in [1.82, 2.24) is 4.90 Å². The van der Waals surface area contributed by atoms with Gasteiger partial charge >= 0.3 is 5.97 Å². The predicted octanol–water partition coefficient (Wildman–Crippen LogP) is 1.89. The predicted molar refractivity (Wildman–Crippen MR) is 74.3 cm³/mol. The first-order valence-corrected chi connectivity index (χ1v) is 7.28. The Bertz CT molecular complexity index is 574. The second kappa shape index (κ2) is 5.09. The number of carbonyl (C=O) groups is 2. The first kappa shape index (κ1) is 13.4. The van der Waals surface area contributed by atoms with Crippen LogP contribution in [0.3, 0.4) is 0 Å². The molecule has 2 unspecified atom stereocenters. The summed E-state index contributed by atoms with van der Waals surface area (Å²) in [6.45, 7) is 1.40. The maximum absolute atomic E-state index is 12.3. The zero-order valence-electron chi connectivity index (χ0n) is 10.7. The molecule has 1 aliphatic heterocycles. The fraction of sp³-hybridized carbons (Fsp3) is 0.429. The number of hydrogen-bond donors (Lipinski definition) is 1. The second-order valence-electron chi connectivity index (χ2n) is 5.15. The van der Waals surface area contributed by atoms with E-state index in [4.69, 9.17) is 9.84 Å². The number of amides is 1. The van der Waals surface area contributed by atoms with Crippen LogP contribution in [0.1, 0.15) is 12.0 Å². The van der Waals surface area contributed by atoms with Crippen LogP contribution in [-0.4, -0.2) is 35.0 Å². The topological polar surface area (TPSA) is 66.8 Å². The Morgan fingerprint density at radius 3 is 2.85 bits per heavy atom. The molecule has 1 heterocycles. The van der Waals surface area contributed by atoms with Gasteiger partial charge in [0.05, 0.1) is 18.4 Å². The van der Waals surface area contributed by atoms with E-state index in [0.717, 1.165) is 15.8 Å². The molecule has 0 saturated heterocycles. The van der Waals surface area contributed by atoms with Crippen molar-refractivity contribution < 1.29 is 19.4 Å². The number of rotatable bonds is 2. The van der Waals surface area contributed by atoms with Crippen molar-refractivity contribution in [2.24, 2.45) is 11.8 Å². The van der Waals surface area contributed by atoms with Gasteiger partial charge in [-0.15, -0.1) is 0 Å². The Morgan fingerprint density at radius 1 is 1.35 bits per heavy atom. The third kappa shape index (κ3) is 2.52. The molecule has 2 aliphatic rings. The summed E-state index contributed by atoms with van der Waals surface area (Å²) in [5.41, 5.74) is 0.942. The van der Waals surface area contributed by atoms with Gasteiger partial charge in [0.15, 0.2) is 0 Å². The molecule has 1 aliphatic carbocycles.